The average Bonchev–Trinajstić information content (AvgIpc) is 3.31. The number of aromatic nitrogens is 1. The van der Waals surface area contributed by atoms with Gasteiger partial charge in [0.1, 0.15) is 5.01 Å². The molecule has 0 radical (unpaired) electrons. The Bertz CT molecular complexity index is 606. The van der Waals surface area contributed by atoms with Gasteiger partial charge in [-0.1, -0.05) is 12.2 Å². The minimum atomic E-state index is 0.174. The summed E-state index contributed by atoms with van der Waals surface area (Å²) in [5.74, 6) is 1.57. The lowest BCUT2D eigenvalue weighted by atomic mass is 9.92. The van der Waals surface area contributed by atoms with E-state index in [4.69, 9.17) is 4.74 Å². The molecule has 0 unspecified atom stereocenters. The lowest BCUT2D eigenvalue weighted by Gasteiger charge is -2.29. The summed E-state index contributed by atoms with van der Waals surface area (Å²) in [7, 11) is 0. The van der Waals surface area contributed by atoms with Gasteiger partial charge in [0.05, 0.1) is 12.6 Å². The minimum absolute atomic E-state index is 0.174. The number of nitrogens with zero attached hydrogens (tertiary/aromatic N) is 2. The van der Waals surface area contributed by atoms with Crippen LogP contribution in [0.5, 0.6) is 0 Å². The highest BCUT2D eigenvalue weighted by Crippen LogP contribution is 2.44. The van der Waals surface area contributed by atoms with Gasteiger partial charge in [0.25, 0.3) is 0 Å². The van der Waals surface area contributed by atoms with Gasteiger partial charge in [-0.3, -0.25) is 4.79 Å². The first-order valence-electron chi connectivity index (χ1n) is 8.69. The molecule has 23 heavy (non-hydrogen) atoms. The molecule has 5 heteroatoms. The van der Waals surface area contributed by atoms with Crippen molar-refractivity contribution in [3.63, 3.8) is 0 Å². The van der Waals surface area contributed by atoms with Crippen LogP contribution < -0.4 is 0 Å². The van der Waals surface area contributed by atoms with Gasteiger partial charge in [0.15, 0.2) is 0 Å². The zero-order chi connectivity index (χ0) is 15.8. The Balaban J connectivity index is 1.48. The summed E-state index contributed by atoms with van der Waals surface area (Å²) in [5.41, 5.74) is 1.04. The molecule has 2 heterocycles. The molecule has 2 aliphatic carbocycles. The molecular formula is C18H24N2O2S. The number of fused-ring (bicyclic) bond motifs is 2. The van der Waals surface area contributed by atoms with Crippen LogP contribution in [-0.2, 0) is 16.1 Å². The Kier molecular flexibility index (Phi) is 4.24. The topological polar surface area (TPSA) is 42.4 Å². The highest BCUT2D eigenvalue weighted by atomic mass is 32.1. The standard InChI is InChI=1S/C18H24N2O2S/c1-12-11-23-17(19-12)10-20(9-15-3-2-6-22-15)18(21)16-8-13-4-5-14(16)7-13/h4-5,11,13-16H,2-3,6-10H2,1H3/t13-,14-,15+,16-/m0/s1. The normalized spacial score (nSPS) is 31.9. The van der Waals surface area contributed by atoms with Gasteiger partial charge in [-0.15, -0.1) is 11.3 Å². The molecule has 1 aromatic rings. The van der Waals surface area contributed by atoms with Crippen molar-refractivity contribution in [2.75, 3.05) is 13.2 Å². The number of amides is 1. The first-order chi connectivity index (χ1) is 11.2. The van der Waals surface area contributed by atoms with E-state index >= 15 is 0 Å². The molecule has 124 valence electrons. The molecule has 1 saturated heterocycles. The number of hydrogen-bond acceptors (Lipinski definition) is 4. The fourth-order valence-corrected chi connectivity index (χ4v) is 4.99. The van der Waals surface area contributed by atoms with E-state index in [1.54, 1.807) is 11.3 Å². The maximum absolute atomic E-state index is 13.1. The van der Waals surface area contributed by atoms with Crippen LogP contribution in [0.4, 0.5) is 0 Å². The summed E-state index contributed by atoms with van der Waals surface area (Å²) in [4.78, 5) is 19.7. The van der Waals surface area contributed by atoms with Crippen molar-refractivity contribution in [2.45, 2.75) is 45.3 Å². The Hall–Kier alpha value is -1.20. The molecule has 4 nitrogen and oxygen atoms in total. The van der Waals surface area contributed by atoms with Gasteiger partial charge in [0.2, 0.25) is 5.91 Å². The third-order valence-corrected chi connectivity index (χ3v) is 6.30. The van der Waals surface area contributed by atoms with Crippen LogP contribution in [0.25, 0.3) is 0 Å². The molecule has 3 aliphatic rings. The summed E-state index contributed by atoms with van der Waals surface area (Å²) in [6.07, 6.45) is 9.13. The van der Waals surface area contributed by atoms with Crippen molar-refractivity contribution in [2.24, 2.45) is 17.8 Å². The van der Waals surface area contributed by atoms with Crippen molar-refractivity contribution in [1.82, 2.24) is 9.88 Å². The van der Waals surface area contributed by atoms with E-state index in [9.17, 15) is 4.79 Å². The summed E-state index contributed by atoms with van der Waals surface area (Å²) < 4.78 is 5.78. The Morgan fingerprint density at radius 1 is 1.43 bits per heavy atom. The Labute approximate surface area is 141 Å². The zero-order valence-electron chi connectivity index (χ0n) is 13.6. The fourth-order valence-electron chi connectivity index (χ4n) is 4.20. The smallest absolute Gasteiger partial charge is 0.226 e. The zero-order valence-corrected chi connectivity index (χ0v) is 14.4. The third kappa shape index (κ3) is 3.22. The Morgan fingerprint density at radius 3 is 2.96 bits per heavy atom. The van der Waals surface area contributed by atoms with Gasteiger partial charge in [0, 0.05) is 30.1 Å². The predicted molar refractivity (Wildman–Crippen MR) is 90.1 cm³/mol. The van der Waals surface area contributed by atoms with E-state index in [-0.39, 0.29) is 12.0 Å². The van der Waals surface area contributed by atoms with Gasteiger partial charge in [-0.25, -0.2) is 4.98 Å². The molecule has 1 aliphatic heterocycles. The number of rotatable bonds is 5. The number of carbonyl (C=O) groups excluding carboxylic acids is 1. The maximum atomic E-state index is 13.1. The van der Waals surface area contributed by atoms with Gasteiger partial charge >= 0.3 is 0 Å². The second-order valence-corrected chi connectivity index (χ2v) is 8.07. The molecular weight excluding hydrogens is 308 g/mol. The van der Waals surface area contributed by atoms with Crippen LogP contribution in [0.1, 0.15) is 36.4 Å². The second-order valence-electron chi connectivity index (χ2n) is 7.12. The van der Waals surface area contributed by atoms with Crippen molar-refractivity contribution in [3.8, 4) is 0 Å². The quantitative estimate of drug-likeness (QED) is 0.778. The molecule has 1 aromatic heterocycles. The molecule has 2 fully saturated rings. The maximum Gasteiger partial charge on any atom is 0.226 e. The SMILES string of the molecule is Cc1csc(CN(C[C@H]2CCCO2)C(=O)[C@H]2C[C@H]3C=C[C@H]2C3)n1. The van der Waals surface area contributed by atoms with Crippen molar-refractivity contribution >= 4 is 17.2 Å². The monoisotopic (exact) mass is 332 g/mol. The first kappa shape index (κ1) is 15.3. The molecule has 4 rings (SSSR count). The highest BCUT2D eigenvalue weighted by molar-refractivity contribution is 7.09. The summed E-state index contributed by atoms with van der Waals surface area (Å²) in [5, 5.41) is 3.09. The van der Waals surface area contributed by atoms with Gasteiger partial charge in [-0.2, -0.15) is 0 Å². The lowest BCUT2D eigenvalue weighted by molar-refractivity contribution is -0.138. The van der Waals surface area contributed by atoms with Gasteiger partial charge < -0.3 is 9.64 Å². The van der Waals surface area contributed by atoms with E-state index in [1.165, 1.54) is 6.42 Å². The summed E-state index contributed by atoms with van der Waals surface area (Å²) in [6.45, 7) is 4.19. The molecule has 0 spiro atoms. The first-order valence-corrected chi connectivity index (χ1v) is 9.56. The largest absolute Gasteiger partial charge is 0.376 e. The molecule has 1 saturated carbocycles. The highest BCUT2D eigenvalue weighted by Gasteiger charge is 2.42. The van der Waals surface area contributed by atoms with Gasteiger partial charge in [-0.05, 0) is 44.4 Å². The molecule has 4 atom stereocenters. The number of hydrogen-bond donors (Lipinski definition) is 0. The van der Waals surface area contributed by atoms with Crippen LogP contribution in [0.15, 0.2) is 17.5 Å². The molecule has 0 N–H and O–H groups in total. The van der Waals surface area contributed by atoms with Crippen LogP contribution in [0.3, 0.4) is 0 Å². The van der Waals surface area contributed by atoms with E-state index < -0.39 is 0 Å². The second kappa shape index (κ2) is 6.36. The van der Waals surface area contributed by atoms with Crippen LogP contribution in [0, 0.1) is 24.7 Å². The lowest BCUT2D eigenvalue weighted by Crippen LogP contribution is -2.41. The third-order valence-electron chi connectivity index (χ3n) is 5.35. The minimum Gasteiger partial charge on any atom is -0.376 e. The summed E-state index contributed by atoms with van der Waals surface area (Å²) >= 11 is 1.65. The van der Waals surface area contributed by atoms with Crippen LogP contribution in [0.2, 0.25) is 0 Å². The van der Waals surface area contributed by atoms with Crippen molar-refractivity contribution in [1.29, 1.82) is 0 Å². The summed E-state index contributed by atoms with van der Waals surface area (Å²) in [6, 6.07) is 0. The van der Waals surface area contributed by atoms with Crippen LogP contribution in [-0.4, -0.2) is 35.0 Å². The van der Waals surface area contributed by atoms with E-state index in [0.29, 0.717) is 24.3 Å². The van der Waals surface area contributed by atoms with E-state index in [2.05, 4.69) is 22.5 Å². The number of carbonyl (C=O) groups is 1. The molecule has 0 aromatic carbocycles. The molecule has 2 bridgehead atoms. The van der Waals surface area contributed by atoms with Crippen LogP contribution >= 0.6 is 11.3 Å². The number of aryl methyl sites for hydroxylation is 1. The van der Waals surface area contributed by atoms with Crippen molar-refractivity contribution in [3.05, 3.63) is 28.2 Å². The van der Waals surface area contributed by atoms with Crippen molar-refractivity contribution < 1.29 is 9.53 Å². The Morgan fingerprint density at radius 2 is 2.35 bits per heavy atom. The van der Waals surface area contributed by atoms with E-state index in [1.807, 2.05) is 11.8 Å². The fraction of sp³-hybridized carbons (Fsp3) is 0.667. The number of thiazole rings is 1. The van der Waals surface area contributed by atoms with E-state index in [0.717, 1.165) is 43.1 Å². The predicted octanol–water partition coefficient (Wildman–Crippen LogP) is 3.17. The average molecular weight is 332 g/mol. The number of allylic oxidation sites excluding steroid dienone is 2. The molecule has 1 amide bonds. The number of ether oxygens (including phenoxy) is 1.